The number of carbonyl (C=O) groups excluding carboxylic acids is 1. The minimum atomic E-state index is -1.50. The molecule has 62 heavy (non-hydrogen) atoms. The molecule has 6 unspecified atom stereocenters. The third kappa shape index (κ3) is 9.65. The van der Waals surface area contributed by atoms with E-state index in [1.807, 2.05) is 43.3 Å². The van der Waals surface area contributed by atoms with Gasteiger partial charge in [0.15, 0.2) is 11.5 Å². The van der Waals surface area contributed by atoms with E-state index in [2.05, 4.69) is 19.2 Å². The van der Waals surface area contributed by atoms with Gasteiger partial charge in [-0.25, -0.2) is 9.18 Å². The van der Waals surface area contributed by atoms with Gasteiger partial charge in [0, 0.05) is 43.2 Å². The van der Waals surface area contributed by atoms with Crippen LogP contribution in [0, 0.1) is 23.6 Å². The second-order valence-corrected chi connectivity index (χ2v) is 16.1. The SMILES string of the molecule is C=CCCOC(=O)N(Cc1ccc2c(c1)OCO2)C1CC(=NOCC)C2=CC(CCCCO)C(CCCCO)C3c4cc(OCc5ccccc5F)ccc4OC1(OCC=C)C23. The zero-order valence-electron chi connectivity index (χ0n) is 35.6. The standard InChI is InChI=1S/C49H59FN2O10/c1-4-7-25-56-48(55)52(30-33-18-20-43-44(26-33)59-32-58-43)45-29-41(51-61-6-3)38-27-34(14-10-12-22-53)37(16-11-13-23-54)46-39-28-36(57-31-35-15-8-9-17-40(35)50)19-21-42(39)62-49(45,47(38)46)60-24-5-2/h4-5,8-9,15,17-21,26-28,34,37,45-47,53-54H,1-2,6-7,10-14,16,22-25,29-32H2,3H3. The maximum absolute atomic E-state index is 14.8. The van der Waals surface area contributed by atoms with Crippen molar-refractivity contribution in [2.24, 2.45) is 22.9 Å². The van der Waals surface area contributed by atoms with E-state index in [9.17, 15) is 19.4 Å². The van der Waals surface area contributed by atoms with Crippen LogP contribution in [0.2, 0.25) is 0 Å². The molecule has 332 valence electrons. The summed E-state index contributed by atoms with van der Waals surface area (Å²) in [6, 6.07) is 17.0. The number of aliphatic hydroxyl groups excluding tert-OH is 2. The fourth-order valence-corrected chi connectivity index (χ4v) is 9.51. The van der Waals surface area contributed by atoms with Crippen molar-refractivity contribution in [2.75, 3.05) is 39.8 Å². The third-order valence-electron chi connectivity index (χ3n) is 12.2. The summed E-state index contributed by atoms with van der Waals surface area (Å²) in [7, 11) is 0. The van der Waals surface area contributed by atoms with Crippen LogP contribution in [0.25, 0.3) is 0 Å². The lowest BCUT2D eigenvalue weighted by Gasteiger charge is -2.59. The normalized spacial score (nSPS) is 23.6. The summed E-state index contributed by atoms with van der Waals surface area (Å²) in [5.74, 6) is -0.326. The fraction of sp³-hybridized carbons (Fsp3) is 0.469. The van der Waals surface area contributed by atoms with Gasteiger partial charge in [0.05, 0.1) is 24.8 Å². The van der Waals surface area contributed by atoms with Crippen molar-refractivity contribution in [1.29, 1.82) is 0 Å². The highest BCUT2D eigenvalue weighted by molar-refractivity contribution is 6.03. The molecule has 2 aliphatic carbocycles. The van der Waals surface area contributed by atoms with E-state index in [-0.39, 0.29) is 76.4 Å². The molecule has 3 aromatic carbocycles. The van der Waals surface area contributed by atoms with Crippen LogP contribution < -0.4 is 18.9 Å². The van der Waals surface area contributed by atoms with Crippen molar-refractivity contribution < 1.29 is 52.7 Å². The highest BCUT2D eigenvalue weighted by atomic mass is 19.1. The van der Waals surface area contributed by atoms with Crippen molar-refractivity contribution in [2.45, 2.75) is 89.2 Å². The van der Waals surface area contributed by atoms with E-state index in [0.717, 1.165) is 42.4 Å². The number of benzene rings is 3. The Morgan fingerprint density at radius 2 is 1.77 bits per heavy atom. The number of amides is 1. The van der Waals surface area contributed by atoms with Gasteiger partial charge in [-0.2, -0.15) is 0 Å². The van der Waals surface area contributed by atoms with Gasteiger partial charge in [-0.1, -0.05) is 60.5 Å². The monoisotopic (exact) mass is 854 g/mol. The first-order valence-corrected chi connectivity index (χ1v) is 21.8. The van der Waals surface area contributed by atoms with Crippen LogP contribution in [0.3, 0.4) is 0 Å². The van der Waals surface area contributed by atoms with Crippen molar-refractivity contribution in [3.63, 3.8) is 0 Å². The first kappa shape index (κ1) is 44.7. The van der Waals surface area contributed by atoms with Crippen LogP contribution in [-0.2, 0) is 27.5 Å². The molecule has 13 heteroatoms. The van der Waals surface area contributed by atoms with E-state index in [4.69, 9.17) is 38.4 Å². The number of hydrogen-bond donors (Lipinski definition) is 2. The Morgan fingerprint density at radius 1 is 0.984 bits per heavy atom. The summed E-state index contributed by atoms with van der Waals surface area (Å²) in [5.41, 5.74) is 3.67. The number of fused-ring (bicyclic) bond motifs is 3. The molecule has 1 fully saturated rings. The third-order valence-corrected chi connectivity index (χ3v) is 12.2. The number of halogens is 1. The lowest BCUT2D eigenvalue weighted by Crippen LogP contribution is -2.70. The van der Waals surface area contributed by atoms with Crippen molar-refractivity contribution in [3.8, 4) is 23.0 Å². The van der Waals surface area contributed by atoms with Crippen LogP contribution >= 0.6 is 0 Å². The smallest absolute Gasteiger partial charge is 0.410 e. The number of rotatable bonds is 22. The number of hydrogen-bond acceptors (Lipinski definition) is 11. The number of ether oxygens (including phenoxy) is 6. The van der Waals surface area contributed by atoms with Gasteiger partial charge in [0.1, 0.15) is 36.6 Å². The van der Waals surface area contributed by atoms with Crippen molar-refractivity contribution in [3.05, 3.63) is 120 Å². The van der Waals surface area contributed by atoms with Crippen LogP contribution in [0.1, 0.15) is 80.9 Å². The Morgan fingerprint density at radius 3 is 2.55 bits per heavy atom. The average molecular weight is 855 g/mol. The minimum absolute atomic E-state index is 0.000821. The molecule has 6 atom stereocenters. The highest BCUT2D eigenvalue weighted by Gasteiger charge is 2.65. The van der Waals surface area contributed by atoms with Gasteiger partial charge in [-0.3, -0.25) is 4.90 Å². The summed E-state index contributed by atoms with van der Waals surface area (Å²) >= 11 is 0. The first-order valence-electron chi connectivity index (χ1n) is 21.8. The Hall–Kier alpha value is -5.37. The Kier molecular flexibility index (Phi) is 15.2. The van der Waals surface area contributed by atoms with Crippen molar-refractivity contribution in [1.82, 2.24) is 4.90 Å². The van der Waals surface area contributed by atoms with Gasteiger partial charge < -0.3 is 43.5 Å². The molecule has 1 saturated carbocycles. The summed E-state index contributed by atoms with van der Waals surface area (Å²) < 4.78 is 52.8. The minimum Gasteiger partial charge on any atom is -0.489 e. The highest BCUT2D eigenvalue weighted by Crippen LogP contribution is 2.62. The molecular formula is C49H59FN2O10. The molecule has 0 radical (unpaired) electrons. The molecule has 0 bridgehead atoms. The van der Waals surface area contributed by atoms with Crippen LogP contribution in [0.4, 0.5) is 9.18 Å². The second-order valence-electron chi connectivity index (χ2n) is 16.1. The van der Waals surface area contributed by atoms with Gasteiger partial charge in [0.25, 0.3) is 0 Å². The molecule has 2 N–H and O–H groups in total. The van der Waals surface area contributed by atoms with Crippen LogP contribution in [0.15, 0.2) is 103 Å². The second kappa shape index (κ2) is 21.1. The van der Waals surface area contributed by atoms with Crippen LogP contribution in [0.5, 0.6) is 23.0 Å². The van der Waals surface area contributed by atoms with E-state index >= 15 is 0 Å². The van der Waals surface area contributed by atoms with E-state index in [0.29, 0.717) is 60.1 Å². The summed E-state index contributed by atoms with van der Waals surface area (Å²) in [6.45, 7) is 10.6. The first-order chi connectivity index (χ1) is 30.3. The van der Waals surface area contributed by atoms with Gasteiger partial charge in [-0.05, 0) is 98.4 Å². The lowest BCUT2D eigenvalue weighted by atomic mass is 9.55. The summed E-state index contributed by atoms with van der Waals surface area (Å²) in [4.78, 5) is 22.2. The maximum atomic E-state index is 14.8. The average Bonchev–Trinajstić information content (AvgIpc) is 3.76. The maximum Gasteiger partial charge on any atom is 0.410 e. The Labute approximate surface area is 363 Å². The lowest BCUT2D eigenvalue weighted by molar-refractivity contribution is -0.256. The molecular weight excluding hydrogens is 796 g/mol. The van der Waals surface area contributed by atoms with Gasteiger partial charge >= 0.3 is 6.09 Å². The molecule has 2 heterocycles. The molecule has 0 aromatic heterocycles. The molecule has 0 spiro atoms. The molecule has 4 aliphatic rings. The van der Waals surface area contributed by atoms with Gasteiger partial charge in [-0.15, -0.1) is 13.2 Å². The molecule has 3 aromatic rings. The predicted octanol–water partition coefficient (Wildman–Crippen LogP) is 9.00. The molecule has 1 amide bonds. The van der Waals surface area contributed by atoms with E-state index in [1.54, 1.807) is 35.3 Å². The van der Waals surface area contributed by atoms with Crippen molar-refractivity contribution >= 4 is 11.8 Å². The number of unbranched alkanes of at least 4 members (excludes halogenated alkanes) is 2. The largest absolute Gasteiger partial charge is 0.489 e. The van der Waals surface area contributed by atoms with Gasteiger partial charge in [0.2, 0.25) is 12.6 Å². The van der Waals surface area contributed by atoms with E-state index in [1.165, 1.54) is 6.07 Å². The number of carbonyl (C=O) groups is 1. The molecule has 2 aliphatic heterocycles. The molecule has 0 saturated heterocycles. The topological polar surface area (TPSA) is 138 Å². The predicted molar refractivity (Wildman–Crippen MR) is 232 cm³/mol. The number of allylic oxidation sites excluding steroid dienone is 1. The summed E-state index contributed by atoms with van der Waals surface area (Å²) in [5, 5.41) is 24.6. The summed E-state index contributed by atoms with van der Waals surface area (Å²) in [6.07, 6.45) is 10.2. The number of oxime groups is 1. The molecule has 7 rings (SSSR count). The Bertz CT molecular complexity index is 2090. The molecule has 12 nitrogen and oxygen atoms in total. The quantitative estimate of drug-likeness (QED) is 0.0573. The zero-order valence-corrected chi connectivity index (χ0v) is 35.6. The number of aliphatic hydroxyl groups is 2. The zero-order chi connectivity index (χ0) is 43.5. The Balaban J connectivity index is 1.42. The number of nitrogens with zero attached hydrogens (tertiary/aromatic N) is 2. The van der Waals surface area contributed by atoms with Crippen LogP contribution in [-0.4, -0.2) is 78.6 Å². The fourth-order valence-electron chi connectivity index (χ4n) is 9.51. The van der Waals surface area contributed by atoms with E-state index < -0.39 is 23.8 Å².